The summed E-state index contributed by atoms with van der Waals surface area (Å²) >= 11 is 0. The van der Waals surface area contributed by atoms with Gasteiger partial charge in [0.15, 0.2) is 0 Å². The zero-order valence-electron chi connectivity index (χ0n) is 16.6. The van der Waals surface area contributed by atoms with Crippen molar-refractivity contribution >= 4 is 29.0 Å². The molecule has 2 saturated heterocycles. The fourth-order valence-electron chi connectivity index (χ4n) is 3.75. The molecule has 0 aliphatic carbocycles. The standard InChI is InChI=1S/C21H24N4O5/c26-21(6-4-18-2-1-13-30-18)24-9-7-22(8-10-24)17-3-5-19(25(27)28)20(16-17)23-11-14-29-15-12-23/h1-6,13,16H,7-12,14-15H2/b6-4+. The molecule has 2 aromatic rings. The summed E-state index contributed by atoms with van der Waals surface area (Å²) in [5, 5.41) is 11.5. The van der Waals surface area contributed by atoms with Gasteiger partial charge in [-0.3, -0.25) is 14.9 Å². The molecular weight excluding hydrogens is 388 g/mol. The first kappa shape index (κ1) is 20.0. The number of ether oxygens (including phenoxy) is 1. The minimum atomic E-state index is -0.337. The van der Waals surface area contributed by atoms with E-state index in [-0.39, 0.29) is 16.5 Å². The van der Waals surface area contributed by atoms with Crippen LogP contribution in [0.5, 0.6) is 0 Å². The molecule has 0 spiro atoms. The van der Waals surface area contributed by atoms with Gasteiger partial charge in [-0.25, -0.2) is 0 Å². The molecule has 2 aliphatic heterocycles. The van der Waals surface area contributed by atoms with Crippen LogP contribution < -0.4 is 9.80 Å². The number of benzene rings is 1. The van der Waals surface area contributed by atoms with Crippen molar-refractivity contribution in [3.05, 3.63) is 58.5 Å². The molecule has 0 atom stereocenters. The summed E-state index contributed by atoms with van der Waals surface area (Å²) in [7, 11) is 0. The van der Waals surface area contributed by atoms with E-state index in [2.05, 4.69) is 4.90 Å². The van der Waals surface area contributed by atoms with E-state index >= 15 is 0 Å². The fraction of sp³-hybridized carbons (Fsp3) is 0.381. The highest BCUT2D eigenvalue weighted by Crippen LogP contribution is 2.33. The normalized spacial score (nSPS) is 17.5. The van der Waals surface area contributed by atoms with E-state index in [4.69, 9.17) is 9.15 Å². The predicted octanol–water partition coefficient (Wildman–Crippen LogP) is 2.39. The Balaban J connectivity index is 1.42. The Morgan fingerprint density at radius 1 is 1.03 bits per heavy atom. The average molecular weight is 412 g/mol. The summed E-state index contributed by atoms with van der Waals surface area (Å²) in [6, 6.07) is 8.82. The molecule has 1 aromatic heterocycles. The van der Waals surface area contributed by atoms with Crippen LogP contribution in [0.15, 0.2) is 47.1 Å². The second kappa shape index (κ2) is 9.00. The van der Waals surface area contributed by atoms with Gasteiger partial charge in [0.2, 0.25) is 5.91 Å². The number of rotatable bonds is 5. The number of furan rings is 1. The molecule has 0 unspecified atom stereocenters. The Morgan fingerprint density at radius 3 is 2.47 bits per heavy atom. The van der Waals surface area contributed by atoms with Crippen LogP contribution in [0.3, 0.4) is 0 Å². The quantitative estimate of drug-likeness (QED) is 0.423. The van der Waals surface area contributed by atoms with Crippen LogP contribution in [0, 0.1) is 10.1 Å². The van der Waals surface area contributed by atoms with E-state index in [1.54, 1.807) is 41.5 Å². The second-order valence-electron chi connectivity index (χ2n) is 7.19. The van der Waals surface area contributed by atoms with Crippen LogP contribution >= 0.6 is 0 Å². The molecule has 0 saturated carbocycles. The minimum Gasteiger partial charge on any atom is -0.465 e. The Morgan fingerprint density at radius 2 is 1.80 bits per heavy atom. The molecule has 2 aliphatic rings. The van der Waals surface area contributed by atoms with Crippen molar-refractivity contribution in [3.8, 4) is 0 Å². The van der Waals surface area contributed by atoms with E-state index in [0.717, 1.165) is 5.69 Å². The van der Waals surface area contributed by atoms with Crippen molar-refractivity contribution in [1.82, 2.24) is 4.90 Å². The molecule has 2 fully saturated rings. The lowest BCUT2D eigenvalue weighted by Crippen LogP contribution is -2.48. The molecule has 3 heterocycles. The first-order valence-electron chi connectivity index (χ1n) is 9.98. The zero-order chi connectivity index (χ0) is 20.9. The van der Waals surface area contributed by atoms with Crippen LogP contribution in [-0.2, 0) is 9.53 Å². The number of amides is 1. The van der Waals surface area contributed by atoms with Gasteiger partial charge in [-0.1, -0.05) is 0 Å². The van der Waals surface area contributed by atoms with Gasteiger partial charge >= 0.3 is 0 Å². The molecular formula is C21H24N4O5. The third kappa shape index (κ3) is 4.46. The first-order chi connectivity index (χ1) is 14.6. The summed E-state index contributed by atoms with van der Waals surface area (Å²) in [6.07, 6.45) is 4.76. The first-order valence-corrected chi connectivity index (χ1v) is 9.98. The third-order valence-electron chi connectivity index (χ3n) is 5.40. The van der Waals surface area contributed by atoms with Gasteiger partial charge in [-0.05, 0) is 30.3 Å². The van der Waals surface area contributed by atoms with Crippen LogP contribution in [-0.4, -0.2) is 68.2 Å². The maximum Gasteiger partial charge on any atom is 0.292 e. The number of nitrogens with zero attached hydrogens (tertiary/aromatic N) is 4. The van der Waals surface area contributed by atoms with Gasteiger partial charge in [-0.2, -0.15) is 0 Å². The third-order valence-corrected chi connectivity index (χ3v) is 5.40. The lowest BCUT2D eigenvalue weighted by atomic mass is 10.1. The van der Waals surface area contributed by atoms with Gasteiger partial charge in [0.05, 0.1) is 24.4 Å². The van der Waals surface area contributed by atoms with E-state index in [0.29, 0.717) is 63.9 Å². The Bertz CT molecular complexity index is 913. The van der Waals surface area contributed by atoms with Gasteiger partial charge in [0, 0.05) is 57.1 Å². The second-order valence-corrected chi connectivity index (χ2v) is 7.19. The van der Waals surface area contributed by atoms with Crippen molar-refractivity contribution in [2.75, 3.05) is 62.3 Å². The van der Waals surface area contributed by atoms with Gasteiger partial charge in [0.25, 0.3) is 5.69 Å². The maximum absolute atomic E-state index is 12.4. The summed E-state index contributed by atoms with van der Waals surface area (Å²) in [4.78, 5) is 29.5. The number of nitro groups is 1. The smallest absolute Gasteiger partial charge is 0.292 e. The summed E-state index contributed by atoms with van der Waals surface area (Å²) in [6.45, 7) is 4.91. The fourth-order valence-corrected chi connectivity index (χ4v) is 3.75. The zero-order valence-corrected chi connectivity index (χ0v) is 16.6. The Labute approximate surface area is 174 Å². The summed E-state index contributed by atoms with van der Waals surface area (Å²) in [5.41, 5.74) is 1.67. The summed E-state index contributed by atoms with van der Waals surface area (Å²) in [5.74, 6) is 0.590. The molecule has 4 rings (SSSR count). The van der Waals surface area contributed by atoms with Crippen molar-refractivity contribution in [3.63, 3.8) is 0 Å². The van der Waals surface area contributed by atoms with Crippen molar-refractivity contribution in [2.45, 2.75) is 0 Å². The average Bonchev–Trinajstić information content (AvgIpc) is 3.31. The lowest BCUT2D eigenvalue weighted by molar-refractivity contribution is -0.384. The monoisotopic (exact) mass is 412 g/mol. The lowest BCUT2D eigenvalue weighted by Gasteiger charge is -2.36. The number of hydrogen-bond donors (Lipinski definition) is 0. The summed E-state index contributed by atoms with van der Waals surface area (Å²) < 4.78 is 10.6. The number of carbonyl (C=O) groups excluding carboxylic acids is 1. The van der Waals surface area contributed by atoms with Crippen LogP contribution in [0.1, 0.15) is 5.76 Å². The van der Waals surface area contributed by atoms with Crippen molar-refractivity contribution in [1.29, 1.82) is 0 Å². The molecule has 158 valence electrons. The molecule has 9 nitrogen and oxygen atoms in total. The largest absolute Gasteiger partial charge is 0.465 e. The van der Waals surface area contributed by atoms with E-state index in [1.165, 1.54) is 6.08 Å². The Hall–Kier alpha value is -3.33. The predicted molar refractivity (Wildman–Crippen MR) is 113 cm³/mol. The number of anilines is 2. The number of carbonyl (C=O) groups is 1. The highest BCUT2D eigenvalue weighted by atomic mass is 16.6. The van der Waals surface area contributed by atoms with Gasteiger partial charge in [0.1, 0.15) is 11.4 Å². The molecule has 0 bridgehead atoms. The SMILES string of the molecule is O=C(/C=C/c1ccco1)N1CCN(c2ccc([N+](=O)[O-])c(N3CCOCC3)c2)CC1. The molecule has 1 aromatic carbocycles. The minimum absolute atomic E-state index is 0.0521. The highest BCUT2D eigenvalue weighted by Gasteiger charge is 2.25. The van der Waals surface area contributed by atoms with Crippen LogP contribution in [0.25, 0.3) is 6.08 Å². The number of nitro benzene ring substituents is 1. The van der Waals surface area contributed by atoms with Gasteiger partial charge in [-0.15, -0.1) is 0 Å². The van der Waals surface area contributed by atoms with Crippen LogP contribution in [0.4, 0.5) is 17.1 Å². The molecule has 0 N–H and O–H groups in total. The number of morpholine rings is 1. The number of hydrogen-bond acceptors (Lipinski definition) is 7. The van der Waals surface area contributed by atoms with Crippen molar-refractivity contribution in [2.24, 2.45) is 0 Å². The Kier molecular flexibility index (Phi) is 5.99. The topological polar surface area (TPSA) is 92.3 Å². The van der Waals surface area contributed by atoms with E-state index in [9.17, 15) is 14.9 Å². The van der Waals surface area contributed by atoms with Crippen LogP contribution in [0.2, 0.25) is 0 Å². The molecule has 1 amide bonds. The van der Waals surface area contributed by atoms with Gasteiger partial charge < -0.3 is 23.9 Å². The molecule has 0 radical (unpaired) electrons. The highest BCUT2D eigenvalue weighted by molar-refractivity contribution is 5.91. The molecule has 9 heteroatoms. The van der Waals surface area contributed by atoms with E-state index < -0.39 is 0 Å². The molecule has 30 heavy (non-hydrogen) atoms. The number of piperazine rings is 1. The van der Waals surface area contributed by atoms with E-state index in [1.807, 2.05) is 11.0 Å². The maximum atomic E-state index is 12.4. The van der Waals surface area contributed by atoms with Crippen molar-refractivity contribution < 1.29 is 18.9 Å².